The molecule has 0 spiro atoms. The highest BCUT2D eigenvalue weighted by Gasteiger charge is 2.24. The van der Waals surface area contributed by atoms with E-state index in [9.17, 15) is 0 Å². The summed E-state index contributed by atoms with van der Waals surface area (Å²) in [6.45, 7) is 10.9. The fourth-order valence-electron chi connectivity index (χ4n) is 1.24. The predicted octanol–water partition coefficient (Wildman–Crippen LogP) is 4.04. The molecule has 1 heteroatoms. The van der Waals surface area contributed by atoms with Gasteiger partial charge in [0.25, 0.3) is 0 Å². The van der Waals surface area contributed by atoms with E-state index < -0.39 is 0 Å². The van der Waals surface area contributed by atoms with Crippen LogP contribution in [0.5, 0.6) is 0 Å². The molecule has 76 valence electrons. The molecular weight excluding hydrogens is 158 g/mol. The quantitative estimate of drug-likeness (QED) is 0.489. The van der Waals surface area contributed by atoms with Crippen molar-refractivity contribution in [3.63, 3.8) is 0 Å². The molecule has 13 heavy (non-hydrogen) atoms. The first-order valence-corrected chi connectivity index (χ1v) is 5.08. The van der Waals surface area contributed by atoms with Crippen LogP contribution in [0.1, 0.15) is 47.5 Å². The van der Waals surface area contributed by atoms with Gasteiger partial charge in [-0.3, -0.25) is 0 Å². The number of hydrogen-bond acceptors (Lipinski definition) is 1. The van der Waals surface area contributed by atoms with Crippen LogP contribution >= 0.6 is 0 Å². The summed E-state index contributed by atoms with van der Waals surface area (Å²) in [6, 6.07) is 0. The molecule has 0 aliphatic rings. The summed E-state index contributed by atoms with van der Waals surface area (Å²) < 4.78 is 0. The van der Waals surface area contributed by atoms with Gasteiger partial charge in [0.15, 0.2) is 0 Å². The monoisotopic (exact) mass is 181 g/mol. The second-order valence-corrected chi connectivity index (χ2v) is 4.63. The Labute approximate surface area is 82.7 Å². The predicted molar refractivity (Wildman–Crippen MR) is 60.4 cm³/mol. The van der Waals surface area contributed by atoms with E-state index in [1.165, 1.54) is 5.57 Å². The molecule has 0 radical (unpaired) electrons. The molecular formula is C12H23N. The van der Waals surface area contributed by atoms with Gasteiger partial charge in [-0.2, -0.15) is 0 Å². The van der Waals surface area contributed by atoms with Crippen LogP contribution < -0.4 is 0 Å². The average molecular weight is 181 g/mol. The molecule has 0 rings (SSSR count). The third-order valence-corrected chi connectivity index (χ3v) is 2.90. The van der Waals surface area contributed by atoms with Crippen LogP contribution in [0.4, 0.5) is 0 Å². The average Bonchev–Trinajstić information content (AvgIpc) is 2.04. The van der Waals surface area contributed by atoms with Crippen LogP contribution in [0.2, 0.25) is 0 Å². The largest absolute Gasteiger partial charge is 0.313 e. The molecule has 0 bridgehead atoms. The van der Waals surface area contributed by atoms with Gasteiger partial charge >= 0.3 is 0 Å². The number of hydrogen-bond donors (Lipinski definition) is 1. The van der Waals surface area contributed by atoms with E-state index in [1.54, 1.807) is 6.21 Å². The number of allylic oxidation sites excluding steroid dienone is 2. The van der Waals surface area contributed by atoms with Gasteiger partial charge in [0, 0.05) is 5.92 Å². The van der Waals surface area contributed by atoms with E-state index in [1.807, 2.05) is 0 Å². The molecule has 0 heterocycles. The highest BCUT2D eigenvalue weighted by Crippen LogP contribution is 2.31. The van der Waals surface area contributed by atoms with E-state index in [0.717, 1.165) is 12.8 Å². The molecule has 1 atom stereocenters. The lowest BCUT2D eigenvalue weighted by Gasteiger charge is -2.29. The van der Waals surface area contributed by atoms with Gasteiger partial charge in [-0.1, -0.05) is 38.8 Å². The van der Waals surface area contributed by atoms with E-state index in [4.69, 9.17) is 5.41 Å². The van der Waals surface area contributed by atoms with Crippen LogP contribution in [0.15, 0.2) is 11.6 Å². The highest BCUT2D eigenvalue weighted by molar-refractivity contribution is 5.58. The van der Waals surface area contributed by atoms with E-state index in [2.05, 4.69) is 40.7 Å². The molecule has 0 aromatic carbocycles. The third-order valence-electron chi connectivity index (χ3n) is 2.90. The molecule has 1 N–H and O–H groups in total. The van der Waals surface area contributed by atoms with Crippen molar-refractivity contribution in [2.45, 2.75) is 47.5 Å². The van der Waals surface area contributed by atoms with Crippen LogP contribution in [-0.2, 0) is 0 Å². The minimum absolute atomic E-state index is 0.258. The Hall–Kier alpha value is -0.590. The lowest BCUT2D eigenvalue weighted by atomic mass is 9.75. The van der Waals surface area contributed by atoms with Crippen molar-refractivity contribution < 1.29 is 0 Å². The van der Waals surface area contributed by atoms with Crippen molar-refractivity contribution in [3.05, 3.63) is 11.6 Å². The standard InChI is InChI=1S/C12H23N/c1-6-12(4,5)11(9-13)8-7-10(2)3/h7,9,11,13H,6,8H2,1-5H3. The maximum absolute atomic E-state index is 7.41. The molecule has 0 aliphatic heterocycles. The lowest BCUT2D eigenvalue weighted by molar-refractivity contribution is 0.271. The summed E-state index contributed by atoms with van der Waals surface area (Å²) in [5.74, 6) is 0.382. The molecule has 0 aliphatic carbocycles. The Kier molecular flexibility index (Phi) is 4.97. The first kappa shape index (κ1) is 12.4. The van der Waals surface area contributed by atoms with Crippen LogP contribution in [0.25, 0.3) is 0 Å². The van der Waals surface area contributed by atoms with Gasteiger partial charge in [0.05, 0.1) is 0 Å². The summed E-state index contributed by atoms with van der Waals surface area (Å²) >= 11 is 0. The summed E-state index contributed by atoms with van der Waals surface area (Å²) in [5.41, 5.74) is 1.60. The van der Waals surface area contributed by atoms with Gasteiger partial charge in [0.1, 0.15) is 0 Å². The van der Waals surface area contributed by atoms with Crippen LogP contribution in [0, 0.1) is 16.7 Å². The van der Waals surface area contributed by atoms with Gasteiger partial charge in [-0.15, -0.1) is 0 Å². The Morgan fingerprint density at radius 2 is 1.92 bits per heavy atom. The van der Waals surface area contributed by atoms with Crippen LogP contribution in [0.3, 0.4) is 0 Å². The first-order valence-electron chi connectivity index (χ1n) is 5.08. The zero-order valence-corrected chi connectivity index (χ0v) is 9.65. The normalized spacial score (nSPS) is 13.6. The zero-order chi connectivity index (χ0) is 10.5. The SMILES string of the molecule is CCC(C)(C)C(C=N)CC=C(C)C. The van der Waals surface area contributed by atoms with E-state index in [0.29, 0.717) is 5.92 Å². The molecule has 0 aromatic rings. The van der Waals surface area contributed by atoms with Crippen molar-refractivity contribution in [2.75, 3.05) is 0 Å². The van der Waals surface area contributed by atoms with Crippen molar-refractivity contribution in [1.29, 1.82) is 5.41 Å². The molecule has 0 fully saturated rings. The number of nitrogens with one attached hydrogen (secondary N) is 1. The Balaban J connectivity index is 4.35. The maximum atomic E-state index is 7.41. The highest BCUT2D eigenvalue weighted by atomic mass is 14.4. The van der Waals surface area contributed by atoms with E-state index in [-0.39, 0.29) is 5.41 Å². The van der Waals surface area contributed by atoms with Crippen molar-refractivity contribution in [2.24, 2.45) is 11.3 Å². The second kappa shape index (κ2) is 5.21. The smallest absolute Gasteiger partial charge is 0.00208 e. The van der Waals surface area contributed by atoms with Crippen LogP contribution in [-0.4, -0.2) is 6.21 Å². The maximum Gasteiger partial charge on any atom is 0.00208 e. The Morgan fingerprint density at radius 3 is 2.23 bits per heavy atom. The summed E-state index contributed by atoms with van der Waals surface area (Å²) in [4.78, 5) is 0. The summed E-state index contributed by atoms with van der Waals surface area (Å²) in [5, 5.41) is 7.41. The van der Waals surface area contributed by atoms with Crippen molar-refractivity contribution >= 4 is 6.21 Å². The molecule has 0 saturated heterocycles. The lowest BCUT2D eigenvalue weighted by Crippen LogP contribution is -2.23. The first-order chi connectivity index (χ1) is 5.94. The minimum Gasteiger partial charge on any atom is -0.313 e. The van der Waals surface area contributed by atoms with Gasteiger partial charge in [0.2, 0.25) is 0 Å². The minimum atomic E-state index is 0.258. The number of rotatable bonds is 5. The molecule has 0 amide bonds. The summed E-state index contributed by atoms with van der Waals surface area (Å²) in [7, 11) is 0. The topological polar surface area (TPSA) is 23.9 Å². The Morgan fingerprint density at radius 1 is 1.38 bits per heavy atom. The Bertz CT molecular complexity index is 185. The molecule has 1 unspecified atom stereocenters. The third kappa shape index (κ3) is 4.25. The van der Waals surface area contributed by atoms with Crippen molar-refractivity contribution in [1.82, 2.24) is 0 Å². The van der Waals surface area contributed by atoms with E-state index >= 15 is 0 Å². The molecule has 1 nitrogen and oxygen atoms in total. The van der Waals surface area contributed by atoms with Gasteiger partial charge in [-0.25, -0.2) is 0 Å². The zero-order valence-electron chi connectivity index (χ0n) is 9.65. The van der Waals surface area contributed by atoms with Gasteiger partial charge < -0.3 is 5.41 Å². The molecule has 0 aromatic heterocycles. The van der Waals surface area contributed by atoms with Gasteiger partial charge in [-0.05, 0) is 31.9 Å². The fraction of sp³-hybridized carbons (Fsp3) is 0.750. The molecule has 0 saturated carbocycles. The summed E-state index contributed by atoms with van der Waals surface area (Å²) in [6.07, 6.45) is 5.96. The second-order valence-electron chi connectivity index (χ2n) is 4.63. The fourth-order valence-corrected chi connectivity index (χ4v) is 1.24. The van der Waals surface area contributed by atoms with Crippen molar-refractivity contribution in [3.8, 4) is 0 Å².